The molecule has 0 aliphatic heterocycles. The summed E-state index contributed by atoms with van der Waals surface area (Å²) >= 11 is 6.26. The maximum atomic E-state index is 6.26. The summed E-state index contributed by atoms with van der Waals surface area (Å²) in [5.41, 5.74) is 1.98. The molecule has 0 amide bonds. The number of likely N-dealkylation sites (N-methyl/N-ethyl adjacent to an activating group) is 1. The quantitative estimate of drug-likeness (QED) is 0.784. The van der Waals surface area contributed by atoms with Crippen molar-refractivity contribution >= 4 is 22.5 Å². The zero-order chi connectivity index (χ0) is 13.8. The second kappa shape index (κ2) is 6.33. The van der Waals surface area contributed by atoms with Gasteiger partial charge in [0.15, 0.2) is 0 Å². The fraction of sp³-hybridized carbons (Fsp3) is 0.400. The molecule has 1 heterocycles. The molecule has 0 N–H and O–H groups in total. The molecule has 0 radical (unpaired) electrons. The molecule has 0 spiro atoms. The van der Waals surface area contributed by atoms with Gasteiger partial charge in [0, 0.05) is 30.6 Å². The minimum Gasteiger partial charge on any atom is -0.383 e. The highest BCUT2D eigenvalue weighted by Crippen LogP contribution is 2.22. The number of pyridine rings is 1. The van der Waals surface area contributed by atoms with Crippen LogP contribution in [0.2, 0.25) is 5.15 Å². The topological polar surface area (TPSA) is 25.4 Å². The van der Waals surface area contributed by atoms with E-state index in [4.69, 9.17) is 16.3 Å². The predicted molar refractivity (Wildman–Crippen MR) is 79.6 cm³/mol. The summed E-state index contributed by atoms with van der Waals surface area (Å²) < 4.78 is 5.17. The molecule has 19 heavy (non-hydrogen) atoms. The Kier molecular flexibility index (Phi) is 4.75. The number of halogens is 1. The molecule has 1 aromatic heterocycles. The smallest absolute Gasteiger partial charge is 0.134 e. The van der Waals surface area contributed by atoms with Crippen molar-refractivity contribution in [3.63, 3.8) is 0 Å². The molecule has 2 rings (SSSR count). The molecule has 102 valence electrons. The number of aromatic nitrogens is 1. The van der Waals surface area contributed by atoms with Crippen LogP contribution in [0.5, 0.6) is 0 Å². The van der Waals surface area contributed by atoms with E-state index in [2.05, 4.69) is 36.0 Å². The van der Waals surface area contributed by atoms with Crippen LogP contribution in [-0.4, -0.2) is 36.7 Å². The van der Waals surface area contributed by atoms with Crippen molar-refractivity contribution in [3.05, 3.63) is 41.0 Å². The molecule has 0 bridgehead atoms. The van der Waals surface area contributed by atoms with Gasteiger partial charge in [-0.3, -0.25) is 4.90 Å². The minimum absolute atomic E-state index is 0.340. The zero-order valence-electron chi connectivity index (χ0n) is 11.6. The first-order valence-electron chi connectivity index (χ1n) is 6.35. The average molecular weight is 279 g/mol. The maximum absolute atomic E-state index is 6.26. The van der Waals surface area contributed by atoms with E-state index in [-0.39, 0.29) is 0 Å². The molecule has 1 unspecified atom stereocenters. The lowest BCUT2D eigenvalue weighted by atomic mass is 10.1. The number of fused-ring (bicyclic) bond motifs is 1. The lowest BCUT2D eigenvalue weighted by molar-refractivity contribution is 0.112. The molecule has 1 atom stereocenters. The summed E-state index contributed by atoms with van der Waals surface area (Å²) in [6.45, 7) is 3.60. The summed E-state index contributed by atoms with van der Waals surface area (Å²) in [5, 5.41) is 1.70. The first kappa shape index (κ1) is 14.3. The number of nitrogens with zero attached hydrogens (tertiary/aromatic N) is 2. The third-order valence-electron chi connectivity index (χ3n) is 3.33. The van der Waals surface area contributed by atoms with Gasteiger partial charge in [-0.1, -0.05) is 29.8 Å². The van der Waals surface area contributed by atoms with Gasteiger partial charge in [-0.2, -0.15) is 0 Å². The maximum Gasteiger partial charge on any atom is 0.134 e. The normalized spacial score (nSPS) is 13.1. The van der Waals surface area contributed by atoms with Crippen molar-refractivity contribution in [2.24, 2.45) is 0 Å². The zero-order valence-corrected chi connectivity index (χ0v) is 12.3. The van der Waals surface area contributed by atoms with Crippen LogP contribution >= 0.6 is 11.6 Å². The van der Waals surface area contributed by atoms with E-state index in [1.54, 1.807) is 7.11 Å². The van der Waals surface area contributed by atoms with Crippen LogP contribution in [0, 0.1) is 0 Å². The Hall–Kier alpha value is -1.16. The van der Waals surface area contributed by atoms with E-state index in [1.807, 2.05) is 18.2 Å². The second-order valence-electron chi connectivity index (χ2n) is 4.85. The highest BCUT2D eigenvalue weighted by molar-refractivity contribution is 6.30. The summed E-state index contributed by atoms with van der Waals surface area (Å²) in [5.74, 6) is 0. The highest BCUT2D eigenvalue weighted by Gasteiger charge is 2.12. The number of ether oxygens (including phenoxy) is 1. The van der Waals surface area contributed by atoms with E-state index >= 15 is 0 Å². The predicted octanol–water partition coefficient (Wildman–Crippen LogP) is 3.35. The molecule has 0 fully saturated rings. The van der Waals surface area contributed by atoms with Crippen molar-refractivity contribution in [1.29, 1.82) is 0 Å². The van der Waals surface area contributed by atoms with Crippen LogP contribution in [-0.2, 0) is 11.3 Å². The van der Waals surface area contributed by atoms with Crippen LogP contribution < -0.4 is 0 Å². The summed E-state index contributed by atoms with van der Waals surface area (Å²) in [7, 11) is 3.78. The molecule has 0 aliphatic carbocycles. The third kappa shape index (κ3) is 3.44. The number of para-hydroxylation sites is 1. The van der Waals surface area contributed by atoms with E-state index in [9.17, 15) is 0 Å². The van der Waals surface area contributed by atoms with Gasteiger partial charge in [0.05, 0.1) is 12.1 Å². The van der Waals surface area contributed by atoms with Gasteiger partial charge in [0.1, 0.15) is 5.15 Å². The summed E-state index contributed by atoms with van der Waals surface area (Å²) in [4.78, 5) is 6.65. The second-order valence-corrected chi connectivity index (χ2v) is 5.21. The van der Waals surface area contributed by atoms with Gasteiger partial charge in [-0.15, -0.1) is 0 Å². The molecule has 1 aromatic carbocycles. The minimum atomic E-state index is 0.340. The van der Waals surface area contributed by atoms with Crippen LogP contribution in [0.15, 0.2) is 30.3 Å². The van der Waals surface area contributed by atoms with Gasteiger partial charge in [0.2, 0.25) is 0 Å². The van der Waals surface area contributed by atoms with Crippen molar-refractivity contribution in [2.75, 3.05) is 20.8 Å². The molecular formula is C15H19ClN2O. The molecule has 4 heteroatoms. The lowest BCUT2D eigenvalue weighted by Crippen LogP contribution is -2.32. The Morgan fingerprint density at radius 2 is 2.11 bits per heavy atom. The van der Waals surface area contributed by atoms with Gasteiger partial charge >= 0.3 is 0 Å². The van der Waals surface area contributed by atoms with E-state index in [0.29, 0.717) is 17.8 Å². The first-order chi connectivity index (χ1) is 9.11. The molecule has 3 nitrogen and oxygen atoms in total. The van der Waals surface area contributed by atoms with Crippen molar-refractivity contribution in [1.82, 2.24) is 9.88 Å². The monoisotopic (exact) mass is 278 g/mol. The summed E-state index contributed by atoms with van der Waals surface area (Å²) in [6, 6.07) is 10.5. The third-order valence-corrected chi connectivity index (χ3v) is 3.66. The van der Waals surface area contributed by atoms with Gasteiger partial charge < -0.3 is 4.74 Å². The van der Waals surface area contributed by atoms with Gasteiger partial charge in [0.25, 0.3) is 0 Å². The largest absolute Gasteiger partial charge is 0.383 e. The molecule has 0 saturated carbocycles. The Bertz CT molecular complexity index is 559. The highest BCUT2D eigenvalue weighted by atomic mass is 35.5. The van der Waals surface area contributed by atoms with Crippen LogP contribution in [0.4, 0.5) is 0 Å². The number of methoxy groups -OCH3 is 1. The van der Waals surface area contributed by atoms with Gasteiger partial charge in [-0.25, -0.2) is 4.98 Å². The SMILES string of the molecule is COCC(C)N(C)Cc1cc2ccccc2nc1Cl. The number of hydrogen-bond donors (Lipinski definition) is 0. The van der Waals surface area contributed by atoms with Crippen LogP contribution in [0.25, 0.3) is 10.9 Å². The number of benzene rings is 1. The standard InChI is InChI=1S/C15H19ClN2O/c1-11(10-19-3)18(2)9-13-8-12-6-4-5-7-14(12)17-15(13)16/h4-8,11H,9-10H2,1-3H3. The lowest BCUT2D eigenvalue weighted by Gasteiger charge is -2.24. The van der Waals surface area contributed by atoms with Crippen molar-refractivity contribution in [2.45, 2.75) is 19.5 Å². The van der Waals surface area contributed by atoms with E-state index in [0.717, 1.165) is 23.0 Å². The fourth-order valence-corrected chi connectivity index (χ4v) is 2.25. The fourth-order valence-electron chi connectivity index (χ4n) is 2.04. The van der Waals surface area contributed by atoms with E-state index in [1.165, 1.54) is 0 Å². The Morgan fingerprint density at radius 1 is 1.37 bits per heavy atom. The Labute approximate surface area is 119 Å². The molecular weight excluding hydrogens is 260 g/mol. The van der Waals surface area contributed by atoms with Gasteiger partial charge in [-0.05, 0) is 26.1 Å². The Balaban J connectivity index is 2.22. The van der Waals surface area contributed by atoms with Crippen molar-refractivity contribution < 1.29 is 4.74 Å². The molecule has 2 aromatic rings. The first-order valence-corrected chi connectivity index (χ1v) is 6.73. The molecule has 0 aliphatic rings. The summed E-state index contributed by atoms with van der Waals surface area (Å²) in [6.07, 6.45) is 0. The number of hydrogen-bond acceptors (Lipinski definition) is 3. The van der Waals surface area contributed by atoms with Crippen LogP contribution in [0.1, 0.15) is 12.5 Å². The van der Waals surface area contributed by atoms with E-state index < -0.39 is 0 Å². The Morgan fingerprint density at radius 3 is 2.84 bits per heavy atom. The van der Waals surface area contributed by atoms with Crippen LogP contribution in [0.3, 0.4) is 0 Å². The van der Waals surface area contributed by atoms with Crippen molar-refractivity contribution in [3.8, 4) is 0 Å². The number of rotatable bonds is 5. The molecule has 0 saturated heterocycles. The average Bonchev–Trinajstić information content (AvgIpc) is 2.39.